The zero-order valence-electron chi connectivity index (χ0n) is 10.5. The van der Waals surface area contributed by atoms with Crippen molar-refractivity contribution in [2.45, 2.75) is 29.7 Å². The Labute approximate surface area is 111 Å². The van der Waals surface area contributed by atoms with Gasteiger partial charge in [-0.3, -0.25) is 0 Å². The molecule has 0 fully saturated rings. The molecule has 3 heteroatoms. The summed E-state index contributed by atoms with van der Waals surface area (Å²) in [5, 5.41) is 0. The average molecular weight is 261 g/mol. The Bertz CT molecular complexity index is 552. The highest BCUT2D eigenvalue weighted by Crippen LogP contribution is 2.36. The molecular formula is C15H16FNS. The first-order chi connectivity index (χ1) is 8.59. The first-order valence-corrected chi connectivity index (χ1v) is 6.68. The molecule has 2 aromatic carbocycles. The van der Waals surface area contributed by atoms with Crippen molar-refractivity contribution in [1.29, 1.82) is 0 Å². The van der Waals surface area contributed by atoms with Gasteiger partial charge in [0.05, 0.1) is 4.90 Å². The predicted molar refractivity (Wildman–Crippen MR) is 74.3 cm³/mol. The highest BCUT2D eigenvalue weighted by atomic mass is 32.2. The number of rotatable bonds is 3. The number of hydrogen-bond acceptors (Lipinski definition) is 2. The van der Waals surface area contributed by atoms with Crippen molar-refractivity contribution in [3.05, 3.63) is 59.4 Å². The lowest BCUT2D eigenvalue weighted by molar-refractivity contribution is 0.591. The van der Waals surface area contributed by atoms with E-state index in [4.69, 9.17) is 5.73 Å². The minimum absolute atomic E-state index is 0.174. The van der Waals surface area contributed by atoms with E-state index in [0.29, 0.717) is 4.90 Å². The largest absolute Gasteiger partial charge is 0.324 e. The van der Waals surface area contributed by atoms with Crippen molar-refractivity contribution in [3.8, 4) is 0 Å². The molecule has 1 atom stereocenters. The zero-order valence-corrected chi connectivity index (χ0v) is 11.3. The number of aryl methyl sites for hydroxylation is 1. The lowest BCUT2D eigenvalue weighted by atomic mass is 10.1. The van der Waals surface area contributed by atoms with Crippen LogP contribution in [0.5, 0.6) is 0 Å². The molecule has 0 aliphatic rings. The van der Waals surface area contributed by atoms with Crippen LogP contribution in [-0.4, -0.2) is 0 Å². The quantitative estimate of drug-likeness (QED) is 0.891. The fourth-order valence-corrected chi connectivity index (χ4v) is 2.91. The summed E-state index contributed by atoms with van der Waals surface area (Å²) >= 11 is 1.44. The van der Waals surface area contributed by atoms with E-state index in [9.17, 15) is 4.39 Å². The van der Waals surface area contributed by atoms with Crippen LogP contribution in [0.4, 0.5) is 4.39 Å². The van der Waals surface area contributed by atoms with Crippen molar-refractivity contribution in [1.82, 2.24) is 0 Å². The third-order valence-corrected chi connectivity index (χ3v) is 4.11. The van der Waals surface area contributed by atoms with Gasteiger partial charge in [0.1, 0.15) is 5.82 Å². The van der Waals surface area contributed by atoms with Crippen LogP contribution >= 0.6 is 11.8 Å². The number of nitrogens with two attached hydrogens (primary N) is 1. The second-order valence-corrected chi connectivity index (χ2v) is 5.37. The lowest BCUT2D eigenvalue weighted by Crippen LogP contribution is -2.07. The Morgan fingerprint density at radius 3 is 2.50 bits per heavy atom. The molecule has 1 nitrogen and oxygen atoms in total. The van der Waals surface area contributed by atoms with Gasteiger partial charge in [-0.05, 0) is 37.1 Å². The summed E-state index contributed by atoms with van der Waals surface area (Å²) < 4.78 is 14.0. The van der Waals surface area contributed by atoms with E-state index in [1.54, 1.807) is 6.07 Å². The van der Waals surface area contributed by atoms with Crippen LogP contribution < -0.4 is 5.73 Å². The molecular weight excluding hydrogens is 245 g/mol. The van der Waals surface area contributed by atoms with Crippen LogP contribution in [0.2, 0.25) is 0 Å². The molecule has 2 rings (SSSR count). The van der Waals surface area contributed by atoms with Crippen molar-refractivity contribution in [2.24, 2.45) is 5.73 Å². The fourth-order valence-electron chi connectivity index (χ4n) is 1.77. The van der Waals surface area contributed by atoms with Gasteiger partial charge in [-0.25, -0.2) is 4.39 Å². The van der Waals surface area contributed by atoms with Gasteiger partial charge in [-0.1, -0.05) is 42.1 Å². The van der Waals surface area contributed by atoms with Gasteiger partial charge in [-0.2, -0.15) is 0 Å². The zero-order chi connectivity index (χ0) is 13.1. The number of halogens is 1. The van der Waals surface area contributed by atoms with E-state index in [-0.39, 0.29) is 11.9 Å². The molecule has 1 unspecified atom stereocenters. The third-order valence-electron chi connectivity index (χ3n) is 2.79. The predicted octanol–water partition coefficient (Wildman–Crippen LogP) is 4.31. The Morgan fingerprint density at radius 1 is 1.11 bits per heavy atom. The molecule has 18 heavy (non-hydrogen) atoms. The number of benzene rings is 2. The topological polar surface area (TPSA) is 26.0 Å². The van der Waals surface area contributed by atoms with Gasteiger partial charge in [0.15, 0.2) is 0 Å². The van der Waals surface area contributed by atoms with Crippen LogP contribution in [-0.2, 0) is 0 Å². The Balaban J connectivity index is 2.43. The maximum Gasteiger partial charge on any atom is 0.137 e. The van der Waals surface area contributed by atoms with Gasteiger partial charge < -0.3 is 5.73 Å². The van der Waals surface area contributed by atoms with Crippen LogP contribution in [0.3, 0.4) is 0 Å². The molecule has 0 saturated heterocycles. The van der Waals surface area contributed by atoms with E-state index in [2.05, 4.69) is 0 Å². The molecule has 0 bridgehead atoms. The molecule has 0 amide bonds. The van der Waals surface area contributed by atoms with Crippen molar-refractivity contribution in [3.63, 3.8) is 0 Å². The lowest BCUT2D eigenvalue weighted by Gasteiger charge is -2.14. The van der Waals surface area contributed by atoms with Gasteiger partial charge in [0, 0.05) is 10.9 Å². The fraction of sp³-hybridized carbons (Fsp3) is 0.200. The summed E-state index contributed by atoms with van der Waals surface area (Å²) in [5.41, 5.74) is 7.89. The smallest absolute Gasteiger partial charge is 0.137 e. The molecule has 2 N–H and O–H groups in total. The third kappa shape index (κ3) is 2.74. The molecule has 0 saturated carbocycles. The molecule has 2 aromatic rings. The first kappa shape index (κ1) is 13.1. The SMILES string of the molecule is Cc1ccccc1Sc1c(F)cccc1C(C)N. The Morgan fingerprint density at radius 2 is 1.83 bits per heavy atom. The molecule has 0 aliphatic heterocycles. The summed E-state index contributed by atoms with van der Waals surface area (Å²) in [4.78, 5) is 1.69. The van der Waals surface area contributed by atoms with Crippen molar-refractivity contribution in [2.75, 3.05) is 0 Å². The maximum atomic E-state index is 14.0. The van der Waals surface area contributed by atoms with E-state index in [1.807, 2.05) is 44.2 Å². The second-order valence-electron chi connectivity index (χ2n) is 4.31. The van der Waals surface area contributed by atoms with Crippen molar-refractivity contribution < 1.29 is 4.39 Å². The Hall–Kier alpha value is -1.32. The summed E-state index contributed by atoms with van der Waals surface area (Å²) in [6, 6.07) is 12.9. The molecule has 0 heterocycles. The molecule has 0 aliphatic carbocycles. The standard InChI is InChI=1S/C15H16FNS/c1-10-6-3-4-9-14(10)18-15-12(11(2)17)7-5-8-13(15)16/h3-9,11H,17H2,1-2H3. The van der Waals surface area contributed by atoms with Crippen LogP contribution in [0, 0.1) is 12.7 Å². The minimum Gasteiger partial charge on any atom is -0.324 e. The molecule has 94 valence electrons. The van der Waals surface area contributed by atoms with Gasteiger partial charge in [0.25, 0.3) is 0 Å². The number of hydrogen-bond donors (Lipinski definition) is 1. The minimum atomic E-state index is -0.210. The van der Waals surface area contributed by atoms with Gasteiger partial charge in [0.2, 0.25) is 0 Å². The van der Waals surface area contributed by atoms with Crippen molar-refractivity contribution >= 4 is 11.8 Å². The molecule has 0 spiro atoms. The maximum absolute atomic E-state index is 14.0. The summed E-state index contributed by atoms with van der Waals surface area (Å²) in [7, 11) is 0. The van der Waals surface area contributed by atoms with E-state index in [1.165, 1.54) is 17.8 Å². The van der Waals surface area contributed by atoms with Crippen LogP contribution in [0.25, 0.3) is 0 Å². The van der Waals surface area contributed by atoms with Gasteiger partial charge >= 0.3 is 0 Å². The second kappa shape index (κ2) is 5.55. The highest BCUT2D eigenvalue weighted by molar-refractivity contribution is 7.99. The summed E-state index contributed by atoms with van der Waals surface area (Å²) in [6.45, 7) is 3.89. The highest BCUT2D eigenvalue weighted by Gasteiger charge is 2.13. The Kier molecular flexibility index (Phi) is 4.04. The van der Waals surface area contributed by atoms with E-state index in [0.717, 1.165) is 16.0 Å². The first-order valence-electron chi connectivity index (χ1n) is 5.87. The van der Waals surface area contributed by atoms with Crippen LogP contribution in [0.15, 0.2) is 52.3 Å². The molecule has 0 radical (unpaired) electrons. The van der Waals surface area contributed by atoms with Gasteiger partial charge in [-0.15, -0.1) is 0 Å². The molecule has 0 aromatic heterocycles. The summed E-state index contributed by atoms with van der Waals surface area (Å²) in [6.07, 6.45) is 0. The monoisotopic (exact) mass is 261 g/mol. The summed E-state index contributed by atoms with van der Waals surface area (Å²) in [5.74, 6) is -0.210. The van der Waals surface area contributed by atoms with E-state index < -0.39 is 0 Å². The van der Waals surface area contributed by atoms with E-state index >= 15 is 0 Å². The average Bonchev–Trinajstić information content (AvgIpc) is 2.34. The van der Waals surface area contributed by atoms with Crippen LogP contribution in [0.1, 0.15) is 24.1 Å². The normalized spacial score (nSPS) is 12.4.